The quantitative estimate of drug-likeness (QED) is 0.639. The zero-order valence-electron chi connectivity index (χ0n) is 13.1. The minimum Gasteiger partial charge on any atom is -0.378 e. The molecule has 2 aromatic rings. The van der Waals surface area contributed by atoms with Gasteiger partial charge < -0.3 is 4.90 Å². The molecule has 0 heterocycles. The van der Waals surface area contributed by atoms with E-state index in [9.17, 15) is 15.4 Å². The van der Waals surface area contributed by atoms with E-state index in [0.29, 0.717) is 0 Å². The molecule has 1 aliphatic rings. The first-order valence-electron chi connectivity index (χ1n) is 7.41. The van der Waals surface area contributed by atoms with E-state index in [1.54, 1.807) is 12.1 Å². The molecule has 0 bridgehead atoms. The lowest BCUT2D eigenvalue weighted by Crippen LogP contribution is -2.09. The summed E-state index contributed by atoms with van der Waals surface area (Å²) >= 11 is 0. The topological polar surface area (TPSA) is 70.2 Å². The van der Waals surface area contributed by atoms with Crippen LogP contribution in [0.15, 0.2) is 48.5 Å². The molecular weight excluding hydrogens is 290 g/mol. The van der Waals surface area contributed by atoms with Gasteiger partial charge in [-0.1, -0.05) is 24.3 Å². The van der Waals surface area contributed by atoms with Gasteiger partial charge in [-0.15, -0.1) is 0 Å². The highest BCUT2D eigenvalue weighted by molar-refractivity contribution is 5.54. The Bertz CT molecular complexity index is 775. The normalized spacial score (nSPS) is 22.2. The highest BCUT2D eigenvalue weighted by atomic mass is 16.6. The number of nitriles is 1. The van der Waals surface area contributed by atoms with Crippen molar-refractivity contribution >= 4 is 11.4 Å². The van der Waals surface area contributed by atoms with Gasteiger partial charge in [-0.25, -0.2) is 0 Å². The Balaban J connectivity index is 1.87. The van der Waals surface area contributed by atoms with Crippen molar-refractivity contribution in [3.05, 3.63) is 69.8 Å². The average molecular weight is 307 g/mol. The molecule has 116 valence electrons. The van der Waals surface area contributed by atoms with E-state index in [1.165, 1.54) is 12.1 Å². The van der Waals surface area contributed by atoms with Crippen LogP contribution < -0.4 is 4.90 Å². The molecule has 1 fully saturated rings. The molecule has 1 aliphatic carbocycles. The number of benzene rings is 2. The van der Waals surface area contributed by atoms with Crippen LogP contribution in [0.3, 0.4) is 0 Å². The van der Waals surface area contributed by atoms with Gasteiger partial charge in [0.15, 0.2) is 0 Å². The van der Waals surface area contributed by atoms with E-state index in [0.717, 1.165) is 23.2 Å². The first-order chi connectivity index (χ1) is 11.0. The van der Waals surface area contributed by atoms with Crippen LogP contribution in [-0.2, 0) is 5.41 Å². The SMILES string of the molecule is CN(C)c1ccc([C@@H]2C[C@@]2(C#N)c2ccc([N+](=O)[O-])cc2)cc1. The number of nitrogens with zero attached hydrogens (tertiary/aromatic N) is 3. The van der Waals surface area contributed by atoms with Gasteiger partial charge >= 0.3 is 0 Å². The van der Waals surface area contributed by atoms with Crippen LogP contribution in [0.25, 0.3) is 0 Å². The maximum Gasteiger partial charge on any atom is 0.269 e. The highest BCUT2D eigenvalue weighted by Crippen LogP contribution is 2.60. The third-order valence-corrected chi connectivity index (χ3v) is 4.57. The van der Waals surface area contributed by atoms with E-state index in [-0.39, 0.29) is 11.6 Å². The fourth-order valence-corrected chi connectivity index (χ4v) is 3.06. The van der Waals surface area contributed by atoms with Gasteiger partial charge in [0, 0.05) is 37.8 Å². The van der Waals surface area contributed by atoms with Crippen LogP contribution >= 0.6 is 0 Å². The molecule has 23 heavy (non-hydrogen) atoms. The number of hydrogen-bond acceptors (Lipinski definition) is 4. The van der Waals surface area contributed by atoms with Crippen molar-refractivity contribution in [2.75, 3.05) is 19.0 Å². The van der Waals surface area contributed by atoms with Crippen molar-refractivity contribution < 1.29 is 4.92 Å². The maximum absolute atomic E-state index is 10.8. The smallest absolute Gasteiger partial charge is 0.269 e. The minimum atomic E-state index is -0.561. The predicted octanol–water partition coefficient (Wildman–Crippen LogP) is 3.61. The monoisotopic (exact) mass is 307 g/mol. The van der Waals surface area contributed by atoms with Gasteiger partial charge in [-0.2, -0.15) is 5.26 Å². The predicted molar refractivity (Wildman–Crippen MR) is 88.5 cm³/mol. The summed E-state index contributed by atoms with van der Waals surface area (Å²) < 4.78 is 0. The van der Waals surface area contributed by atoms with Crippen molar-refractivity contribution in [2.45, 2.75) is 17.8 Å². The van der Waals surface area contributed by atoms with Crippen molar-refractivity contribution in [2.24, 2.45) is 0 Å². The van der Waals surface area contributed by atoms with E-state index < -0.39 is 10.3 Å². The second-order valence-corrected chi connectivity index (χ2v) is 6.13. The average Bonchev–Trinajstić information content (AvgIpc) is 3.31. The lowest BCUT2D eigenvalue weighted by atomic mass is 9.92. The fourth-order valence-electron chi connectivity index (χ4n) is 3.06. The Labute approximate surface area is 134 Å². The summed E-state index contributed by atoms with van der Waals surface area (Å²) in [5.41, 5.74) is 2.60. The van der Waals surface area contributed by atoms with E-state index >= 15 is 0 Å². The van der Waals surface area contributed by atoms with Gasteiger partial charge in [0.05, 0.1) is 16.4 Å². The van der Waals surface area contributed by atoms with Gasteiger partial charge in [0.2, 0.25) is 0 Å². The van der Waals surface area contributed by atoms with Gasteiger partial charge in [-0.3, -0.25) is 10.1 Å². The lowest BCUT2D eigenvalue weighted by Gasteiger charge is -2.13. The van der Waals surface area contributed by atoms with E-state index in [1.807, 2.05) is 31.1 Å². The summed E-state index contributed by atoms with van der Waals surface area (Å²) in [5, 5.41) is 20.4. The maximum atomic E-state index is 10.8. The molecule has 0 aliphatic heterocycles. The summed E-state index contributed by atoms with van der Waals surface area (Å²) in [6.07, 6.45) is 0.753. The Hall–Kier alpha value is -2.87. The molecule has 5 heteroatoms. The second kappa shape index (κ2) is 5.40. The van der Waals surface area contributed by atoms with Crippen molar-refractivity contribution in [3.63, 3.8) is 0 Å². The number of non-ortho nitro benzene ring substituents is 1. The third-order valence-electron chi connectivity index (χ3n) is 4.57. The first kappa shape index (κ1) is 15.0. The Morgan fingerprint density at radius 2 is 1.78 bits per heavy atom. The number of hydrogen-bond donors (Lipinski definition) is 0. The van der Waals surface area contributed by atoms with Crippen LogP contribution in [-0.4, -0.2) is 19.0 Å². The molecule has 0 spiro atoms. The van der Waals surface area contributed by atoms with Gasteiger partial charge in [-0.05, 0) is 29.7 Å². The number of rotatable bonds is 4. The molecule has 0 radical (unpaired) electrons. The lowest BCUT2D eigenvalue weighted by molar-refractivity contribution is -0.384. The zero-order valence-corrected chi connectivity index (χ0v) is 13.1. The number of nitro groups is 1. The second-order valence-electron chi connectivity index (χ2n) is 6.13. The summed E-state index contributed by atoms with van der Waals surface area (Å²) in [7, 11) is 3.98. The Morgan fingerprint density at radius 3 is 2.26 bits per heavy atom. The highest BCUT2D eigenvalue weighted by Gasteiger charge is 2.56. The molecule has 0 unspecified atom stereocenters. The summed E-state index contributed by atoms with van der Waals surface area (Å²) in [4.78, 5) is 12.4. The van der Waals surface area contributed by atoms with E-state index in [2.05, 4.69) is 18.2 Å². The van der Waals surface area contributed by atoms with Crippen LogP contribution in [0, 0.1) is 21.4 Å². The zero-order chi connectivity index (χ0) is 16.6. The van der Waals surface area contributed by atoms with Gasteiger partial charge in [0.25, 0.3) is 5.69 Å². The van der Waals surface area contributed by atoms with Crippen molar-refractivity contribution in [1.29, 1.82) is 5.26 Å². The van der Waals surface area contributed by atoms with Crippen LogP contribution in [0.1, 0.15) is 23.5 Å². The van der Waals surface area contributed by atoms with Crippen molar-refractivity contribution in [1.82, 2.24) is 0 Å². The van der Waals surface area contributed by atoms with Crippen LogP contribution in [0.2, 0.25) is 0 Å². The molecule has 2 aromatic carbocycles. The largest absolute Gasteiger partial charge is 0.378 e. The van der Waals surface area contributed by atoms with Crippen molar-refractivity contribution in [3.8, 4) is 6.07 Å². The molecule has 0 saturated heterocycles. The molecule has 3 rings (SSSR count). The molecule has 0 N–H and O–H groups in total. The molecule has 2 atom stereocenters. The third kappa shape index (κ3) is 2.53. The molecule has 5 nitrogen and oxygen atoms in total. The van der Waals surface area contributed by atoms with Gasteiger partial charge in [0.1, 0.15) is 0 Å². The summed E-state index contributed by atoms with van der Waals surface area (Å²) in [6, 6.07) is 17.0. The van der Waals surface area contributed by atoms with E-state index in [4.69, 9.17) is 0 Å². The first-order valence-corrected chi connectivity index (χ1v) is 7.41. The number of anilines is 1. The standard InChI is InChI=1S/C18H17N3O2/c1-20(2)15-7-3-13(4-8-15)17-11-18(17,12-19)14-5-9-16(10-6-14)21(22)23/h3-10,17H,11H2,1-2H3/t17-,18+/m0/s1. The molecule has 0 aromatic heterocycles. The fraction of sp³-hybridized carbons (Fsp3) is 0.278. The number of nitro benzene ring substituents is 1. The Morgan fingerprint density at radius 1 is 1.17 bits per heavy atom. The Kier molecular flexibility index (Phi) is 3.53. The summed E-state index contributed by atoms with van der Waals surface area (Å²) in [6.45, 7) is 0. The molecule has 1 saturated carbocycles. The summed E-state index contributed by atoms with van der Waals surface area (Å²) in [5.74, 6) is 0.144. The molecule has 0 amide bonds. The van der Waals surface area contributed by atoms with Crippen LogP contribution in [0.4, 0.5) is 11.4 Å². The van der Waals surface area contributed by atoms with Crippen LogP contribution in [0.5, 0.6) is 0 Å². The molecular formula is C18H17N3O2. The minimum absolute atomic E-state index is 0.0503.